The van der Waals surface area contributed by atoms with E-state index in [1.807, 2.05) is 59.2 Å². The zero-order valence-corrected chi connectivity index (χ0v) is 34.9. The van der Waals surface area contributed by atoms with Gasteiger partial charge in [0.1, 0.15) is 132 Å². The lowest BCUT2D eigenvalue weighted by Crippen LogP contribution is -2.47. The molecular weight excluding hydrogens is 788 g/mol. The van der Waals surface area contributed by atoms with Crippen molar-refractivity contribution in [1.82, 2.24) is 9.13 Å². The smallest absolute Gasteiger partial charge is 0.128 e. The fraction of sp³-hybridized carbons (Fsp3) is 0. The minimum absolute atomic E-state index is 0.0754. The maximum atomic E-state index is 7.29. The van der Waals surface area contributed by atoms with E-state index in [0.29, 0.717) is 43.9 Å². The van der Waals surface area contributed by atoms with Gasteiger partial charge in [0.2, 0.25) is 0 Å². The summed E-state index contributed by atoms with van der Waals surface area (Å²) in [6.07, 6.45) is 0. The Balaban J connectivity index is 1.25. The van der Waals surface area contributed by atoms with Gasteiger partial charge in [-0.1, -0.05) is 91.6 Å². The Morgan fingerprint density at radius 1 is 0.303 bits per heavy atom. The summed E-state index contributed by atoms with van der Waals surface area (Å²) >= 11 is 0. The summed E-state index contributed by atoms with van der Waals surface area (Å²) in [5.74, 6) is 0. The predicted molar refractivity (Wildman–Crippen MR) is 291 cm³/mol. The van der Waals surface area contributed by atoms with Crippen LogP contribution >= 0.6 is 0 Å². The highest BCUT2D eigenvalue weighted by Crippen LogP contribution is 2.43. The monoisotopic (exact) mass is 804 g/mol. The Morgan fingerprint density at radius 2 is 0.742 bits per heavy atom. The molecule has 0 aliphatic rings. The van der Waals surface area contributed by atoms with Crippen molar-refractivity contribution in [3.05, 3.63) is 84.9 Å². The van der Waals surface area contributed by atoms with Crippen LogP contribution in [0.4, 0.5) is 0 Å². The summed E-state index contributed by atoms with van der Waals surface area (Å²) in [4.78, 5) is 0. The lowest BCUT2D eigenvalue weighted by molar-refractivity contribution is 0.674. The molecule has 8 aromatic carbocycles. The molecule has 0 N–H and O–H groups in total. The Bertz CT molecular complexity index is 4220. The van der Waals surface area contributed by atoms with Crippen LogP contribution in [0.1, 0.15) is 0 Å². The van der Waals surface area contributed by atoms with Gasteiger partial charge in [0.05, 0.1) is 22.1 Å². The van der Waals surface area contributed by atoms with E-state index >= 15 is 0 Å². The number of hydrogen-bond donors (Lipinski definition) is 0. The van der Waals surface area contributed by atoms with Crippen molar-refractivity contribution in [2.24, 2.45) is 0 Å². The summed E-state index contributed by atoms with van der Waals surface area (Å²) in [6.45, 7) is 0. The van der Waals surface area contributed by atoms with Gasteiger partial charge in [-0.3, -0.25) is 0 Å². The van der Waals surface area contributed by atoms with E-state index in [4.69, 9.17) is 119 Å². The highest BCUT2D eigenvalue weighted by molar-refractivity contribution is 6.70. The molecule has 0 aliphatic heterocycles. The largest absolute Gasteiger partial charge is 0.457 e. The lowest BCUT2D eigenvalue weighted by atomic mass is 9.64. The van der Waals surface area contributed by atoms with Gasteiger partial charge >= 0.3 is 0 Å². The molecule has 0 saturated carbocycles. The van der Waals surface area contributed by atoms with Gasteiger partial charge in [0.15, 0.2) is 0 Å². The van der Waals surface area contributed by atoms with Crippen LogP contribution in [0.3, 0.4) is 0 Å². The molecule has 0 aliphatic carbocycles. The third-order valence-electron chi connectivity index (χ3n) is 13.3. The van der Waals surface area contributed by atoms with Crippen molar-refractivity contribution in [1.29, 1.82) is 0 Å². The van der Waals surface area contributed by atoms with Crippen molar-refractivity contribution in [3.8, 4) is 22.5 Å². The second kappa shape index (κ2) is 14.2. The van der Waals surface area contributed by atoms with Crippen LogP contribution in [-0.4, -0.2) is 119 Å². The van der Waals surface area contributed by atoms with Crippen LogP contribution in [0.5, 0.6) is 0 Å². The molecule has 28 radical (unpaired) electrons. The average Bonchev–Trinajstić information content (AvgIpc) is 4.09. The zero-order valence-electron chi connectivity index (χ0n) is 34.9. The van der Waals surface area contributed by atoms with E-state index in [0.717, 1.165) is 43.8 Å². The molecule has 0 unspecified atom stereocenters. The number of aromatic nitrogens is 2. The molecule has 12 rings (SSSR count). The summed E-state index contributed by atoms with van der Waals surface area (Å²) in [7, 11) is 93.3. The number of hydrogen-bond acceptors (Lipinski definition) is 2. The first-order valence-corrected chi connectivity index (χ1v) is 20.6. The highest BCUT2D eigenvalue weighted by Gasteiger charge is 2.27. The third kappa shape index (κ3) is 5.14. The molecule has 66 heavy (non-hydrogen) atoms. The molecule has 4 aromatic heterocycles. The lowest BCUT2D eigenvalue weighted by Gasteiger charge is -2.20. The van der Waals surface area contributed by atoms with E-state index in [9.17, 15) is 0 Å². The van der Waals surface area contributed by atoms with Crippen molar-refractivity contribution < 1.29 is 8.83 Å². The van der Waals surface area contributed by atoms with Crippen LogP contribution in [0.25, 0.3) is 110 Å². The minimum atomic E-state index is 0.0754. The average molecular weight is 802 g/mol. The zero-order chi connectivity index (χ0) is 46.1. The van der Waals surface area contributed by atoms with Crippen LogP contribution in [0, 0.1) is 0 Å². The molecule has 18 heteroatoms. The van der Waals surface area contributed by atoms with Crippen LogP contribution in [0.15, 0.2) is 93.8 Å². The van der Waals surface area contributed by atoms with Gasteiger partial charge in [-0.05, 0) is 59.1 Å². The number of benzene rings is 8. The molecule has 0 fully saturated rings. The number of rotatable bonds is 3. The van der Waals surface area contributed by atoms with Gasteiger partial charge in [0.25, 0.3) is 0 Å². The summed E-state index contributed by atoms with van der Waals surface area (Å²) in [5.41, 5.74) is 8.27. The number of fused-ring (bicyclic) bond motifs is 13. The maximum absolute atomic E-state index is 7.29. The van der Waals surface area contributed by atoms with Gasteiger partial charge in [-0.25, -0.2) is 0 Å². The van der Waals surface area contributed by atoms with Crippen molar-refractivity contribution >= 4 is 274 Å². The van der Waals surface area contributed by atoms with Gasteiger partial charge in [-0.15, -0.1) is 21.9 Å². The van der Waals surface area contributed by atoms with Crippen LogP contribution in [0.2, 0.25) is 0 Å². The van der Waals surface area contributed by atoms with E-state index in [1.165, 1.54) is 0 Å². The highest BCUT2D eigenvalue weighted by atomic mass is 16.3. The normalized spacial score (nSPS) is 12.2. The SMILES string of the molecule is [B]c1c([B])c([B])c2c(oc3c([B])c(-c4ccc5c(c4)c4c6c7ccccc7n(-c7ccccc7)c6ccc4n5-c4c([B])c([B])c5oc6c([B])c([B])c([B])c([B])c6c5c4[B])c([B])c([B])c32)c1[B]. The van der Waals surface area contributed by atoms with Crippen molar-refractivity contribution in [2.45, 2.75) is 0 Å². The third-order valence-corrected chi connectivity index (χ3v) is 13.3. The molecule has 0 bridgehead atoms. The van der Waals surface area contributed by atoms with Gasteiger partial charge in [-0.2, -0.15) is 0 Å². The van der Waals surface area contributed by atoms with Crippen molar-refractivity contribution in [2.75, 3.05) is 0 Å². The Labute approximate surface area is 397 Å². The molecular formula is C48H14B14N2O2. The second-order valence-electron chi connectivity index (χ2n) is 16.6. The molecule has 270 valence electrons. The maximum Gasteiger partial charge on any atom is 0.128 e. The Morgan fingerprint density at radius 3 is 1.35 bits per heavy atom. The van der Waals surface area contributed by atoms with Crippen LogP contribution in [-0.2, 0) is 0 Å². The first-order valence-electron chi connectivity index (χ1n) is 20.6. The standard InChI is InChI=1S/C48H14B14N2O2/c49-30-23(35(54)45-26(31(30)50)27-32(51)36(55)38(57)41(60)46(27)65-45)15-10-11-20-18(14-15)25-22(13-12-21-24(25)17-8-4-5-9-19(17)63(21)16-6-2-1-3-7-16)64(20)44-34(53)29-28-33(52)37(56)39(58)42(61)47(28)66-48(29)43(62)40(44)59/h1-14H. The quantitative estimate of drug-likeness (QED) is 0.174. The Hall–Kier alpha value is -6.13. The number of para-hydroxylation sites is 2. The molecule has 0 atom stereocenters. The molecule has 4 heterocycles. The summed E-state index contributed by atoms with van der Waals surface area (Å²) in [5, 5.41) is 5.01. The van der Waals surface area contributed by atoms with E-state index < -0.39 is 0 Å². The van der Waals surface area contributed by atoms with E-state index in [2.05, 4.69) is 34.9 Å². The molecule has 4 nitrogen and oxygen atoms in total. The first-order chi connectivity index (χ1) is 31.6. The summed E-state index contributed by atoms with van der Waals surface area (Å²) in [6, 6.07) is 28.3. The number of furan rings is 2. The topological polar surface area (TPSA) is 36.1 Å². The second-order valence-corrected chi connectivity index (χ2v) is 16.6. The fourth-order valence-electron chi connectivity index (χ4n) is 10.2. The van der Waals surface area contributed by atoms with E-state index in [1.54, 1.807) is 0 Å². The molecule has 0 spiro atoms. The van der Waals surface area contributed by atoms with Gasteiger partial charge < -0.3 is 18.0 Å². The number of nitrogens with zero attached hydrogens (tertiary/aromatic N) is 2. The van der Waals surface area contributed by atoms with Crippen molar-refractivity contribution in [3.63, 3.8) is 0 Å². The first kappa shape index (κ1) is 41.3. The Kier molecular flexibility index (Phi) is 8.88. The molecule has 12 aromatic rings. The predicted octanol–water partition coefficient (Wildman–Crippen LogP) is -3.54. The molecule has 0 amide bonds. The minimum Gasteiger partial charge on any atom is -0.457 e. The van der Waals surface area contributed by atoms with Gasteiger partial charge in [0, 0.05) is 54.5 Å². The summed E-state index contributed by atoms with van der Waals surface area (Å²) < 4.78 is 16.8. The molecule has 0 saturated heterocycles. The van der Waals surface area contributed by atoms with E-state index in [-0.39, 0.29) is 98.8 Å². The van der Waals surface area contributed by atoms with Crippen LogP contribution < -0.4 is 76.5 Å². The fourth-order valence-corrected chi connectivity index (χ4v) is 10.2.